The van der Waals surface area contributed by atoms with E-state index in [1.165, 1.54) is 51.6 Å². The maximum atomic E-state index is 3.67. The first-order valence-corrected chi connectivity index (χ1v) is 7.00. The number of nitrogens with one attached hydrogen (secondary N) is 1. The van der Waals surface area contributed by atoms with E-state index in [9.17, 15) is 0 Å². The molecule has 0 bridgehead atoms. The average molecular weight is 224 g/mol. The molecular weight excluding hydrogens is 196 g/mol. The predicted octanol–water partition coefficient (Wildman–Crippen LogP) is 2.64. The zero-order chi connectivity index (χ0) is 11.6. The van der Waals surface area contributed by atoms with Crippen molar-refractivity contribution in [2.45, 2.75) is 64.5 Å². The minimum absolute atomic E-state index is 0.417. The Labute approximate surface area is 101 Å². The molecule has 2 heteroatoms. The largest absolute Gasteiger partial charge is 0.313 e. The van der Waals surface area contributed by atoms with Gasteiger partial charge in [0.1, 0.15) is 0 Å². The van der Waals surface area contributed by atoms with Gasteiger partial charge in [0.2, 0.25) is 0 Å². The molecule has 2 fully saturated rings. The van der Waals surface area contributed by atoms with Crippen LogP contribution in [0.3, 0.4) is 0 Å². The summed E-state index contributed by atoms with van der Waals surface area (Å²) in [5.41, 5.74) is 0.417. The highest BCUT2D eigenvalue weighted by Gasteiger charge is 2.28. The van der Waals surface area contributed by atoms with E-state index in [0.29, 0.717) is 5.41 Å². The molecule has 1 N–H and O–H groups in total. The fourth-order valence-corrected chi connectivity index (χ4v) is 2.91. The molecule has 2 rings (SSSR count). The van der Waals surface area contributed by atoms with Gasteiger partial charge < -0.3 is 10.2 Å². The molecule has 94 valence electrons. The minimum atomic E-state index is 0.417. The fraction of sp³-hybridized carbons (Fsp3) is 1.00. The Kier molecular flexibility index (Phi) is 3.91. The van der Waals surface area contributed by atoms with E-state index >= 15 is 0 Å². The summed E-state index contributed by atoms with van der Waals surface area (Å²) in [5.74, 6) is 0. The summed E-state index contributed by atoms with van der Waals surface area (Å²) in [5, 5.41) is 3.67. The number of nitrogens with zero attached hydrogens (tertiary/aromatic N) is 1. The molecule has 0 aromatic heterocycles. The highest BCUT2D eigenvalue weighted by molar-refractivity contribution is 4.86. The molecule has 0 spiro atoms. The molecule has 0 aliphatic heterocycles. The molecule has 0 unspecified atom stereocenters. The molecular formula is C14H28N2. The van der Waals surface area contributed by atoms with Crippen molar-refractivity contribution < 1.29 is 0 Å². The SMILES string of the molecule is CN(CC(C)(C)CNC1CC1)C1CCCC1. The number of hydrogen-bond donors (Lipinski definition) is 1. The second-order valence-corrected chi connectivity index (χ2v) is 6.67. The van der Waals surface area contributed by atoms with E-state index in [1.807, 2.05) is 0 Å². The maximum Gasteiger partial charge on any atom is 0.00924 e. The third kappa shape index (κ3) is 3.74. The summed E-state index contributed by atoms with van der Waals surface area (Å²) in [6.07, 6.45) is 8.51. The van der Waals surface area contributed by atoms with Crippen LogP contribution in [0.2, 0.25) is 0 Å². The van der Waals surface area contributed by atoms with E-state index in [4.69, 9.17) is 0 Å². The summed E-state index contributed by atoms with van der Waals surface area (Å²) >= 11 is 0. The standard InChI is InChI=1S/C14H28N2/c1-14(2,10-15-12-8-9-12)11-16(3)13-6-4-5-7-13/h12-13,15H,4-11H2,1-3H3. The first-order valence-electron chi connectivity index (χ1n) is 7.00. The lowest BCUT2D eigenvalue weighted by Crippen LogP contribution is -2.42. The predicted molar refractivity (Wildman–Crippen MR) is 69.7 cm³/mol. The van der Waals surface area contributed by atoms with Gasteiger partial charge in [0.15, 0.2) is 0 Å². The van der Waals surface area contributed by atoms with Crippen LogP contribution in [0.15, 0.2) is 0 Å². The van der Waals surface area contributed by atoms with Crippen LogP contribution in [0.25, 0.3) is 0 Å². The monoisotopic (exact) mass is 224 g/mol. The second kappa shape index (κ2) is 5.05. The molecule has 2 aliphatic rings. The molecule has 0 heterocycles. The quantitative estimate of drug-likeness (QED) is 0.746. The van der Waals surface area contributed by atoms with Crippen molar-refractivity contribution in [3.63, 3.8) is 0 Å². The zero-order valence-corrected chi connectivity index (χ0v) is 11.3. The van der Waals surface area contributed by atoms with Gasteiger partial charge in [-0.15, -0.1) is 0 Å². The van der Waals surface area contributed by atoms with Gasteiger partial charge >= 0.3 is 0 Å². The van der Waals surface area contributed by atoms with Gasteiger partial charge in [0.05, 0.1) is 0 Å². The van der Waals surface area contributed by atoms with Gasteiger partial charge in [-0.2, -0.15) is 0 Å². The molecule has 0 aromatic rings. The molecule has 0 atom stereocenters. The number of hydrogen-bond acceptors (Lipinski definition) is 2. The van der Waals surface area contributed by atoms with Crippen LogP contribution in [0.5, 0.6) is 0 Å². The van der Waals surface area contributed by atoms with E-state index in [1.54, 1.807) is 0 Å². The van der Waals surface area contributed by atoms with Crippen molar-refractivity contribution >= 4 is 0 Å². The fourth-order valence-electron chi connectivity index (χ4n) is 2.91. The summed E-state index contributed by atoms with van der Waals surface area (Å²) in [4.78, 5) is 2.60. The van der Waals surface area contributed by atoms with Gasteiger partial charge in [-0.05, 0) is 38.1 Å². The van der Waals surface area contributed by atoms with Crippen molar-refractivity contribution in [1.29, 1.82) is 0 Å². The maximum absolute atomic E-state index is 3.67. The summed E-state index contributed by atoms with van der Waals surface area (Å²) < 4.78 is 0. The smallest absolute Gasteiger partial charge is 0.00924 e. The summed E-state index contributed by atoms with van der Waals surface area (Å²) in [7, 11) is 2.31. The van der Waals surface area contributed by atoms with Gasteiger partial charge in [-0.3, -0.25) is 0 Å². The first-order chi connectivity index (χ1) is 7.57. The van der Waals surface area contributed by atoms with Gasteiger partial charge in [0.25, 0.3) is 0 Å². The van der Waals surface area contributed by atoms with Gasteiger partial charge in [-0.25, -0.2) is 0 Å². The van der Waals surface area contributed by atoms with E-state index < -0.39 is 0 Å². The highest BCUT2D eigenvalue weighted by atomic mass is 15.1. The lowest BCUT2D eigenvalue weighted by Gasteiger charge is -2.34. The van der Waals surface area contributed by atoms with E-state index in [0.717, 1.165) is 12.1 Å². The van der Waals surface area contributed by atoms with Crippen LogP contribution in [0.1, 0.15) is 52.4 Å². The van der Waals surface area contributed by atoms with Gasteiger partial charge in [0, 0.05) is 25.2 Å². The van der Waals surface area contributed by atoms with Crippen molar-refractivity contribution in [2.24, 2.45) is 5.41 Å². The Morgan fingerprint density at radius 1 is 1.12 bits per heavy atom. The molecule has 0 aromatic carbocycles. The van der Waals surface area contributed by atoms with Crippen LogP contribution in [-0.2, 0) is 0 Å². The molecule has 0 amide bonds. The van der Waals surface area contributed by atoms with Crippen LogP contribution in [-0.4, -0.2) is 37.1 Å². The molecule has 2 aliphatic carbocycles. The lowest BCUT2D eigenvalue weighted by molar-refractivity contribution is 0.158. The van der Waals surface area contributed by atoms with Crippen LogP contribution >= 0.6 is 0 Å². The van der Waals surface area contributed by atoms with Crippen molar-refractivity contribution in [1.82, 2.24) is 10.2 Å². The van der Waals surface area contributed by atoms with Gasteiger partial charge in [-0.1, -0.05) is 26.7 Å². The molecule has 2 nitrogen and oxygen atoms in total. The highest BCUT2D eigenvalue weighted by Crippen LogP contribution is 2.26. The Bertz CT molecular complexity index is 215. The normalized spacial score (nSPS) is 23.2. The summed E-state index contributed by atoms with van der Waals surface area (Å²) in [6.45, 7) is 7.20. The molecule has 2 saturated carbocycles. The zero-order valence-electron chi connectivity index (χ0n) is 11.3. The first kappa shape index (κ1) is 12.4. The third-order valence-electron chi connectivity index (χ3n) is 4.07. The summed E-state index contributed by atoms with van der Waals surface area (Å²) in [6, 6.07) is 1.70. The van der Waals surface area contributed by atoms with Crippen molar-refractivity contribution in [2.75, 3.05) is 20.1 Å². The minimum Gasteiger partial charge on any atom is -0.313 e. The van der Waals surface area contributed by atoms with Crippen LogP contribution in [0, 0.1) is 5.41 Å². The Hall–Kier alpha value is -0.0800. The average Bonchev–Trinajstić information content (AvgIpc) is 2.87. The van der Waals surface area contributed by atoms with Crippen molar-refractivity contribution in [3.8, 4) is 0 Å². The topological polar surface area (TPSA) is 15.3 Å². The number of rotatable bonds is 6. The lowest BCUT2D eigenvalue weighted by atomic mass is 9.92. The molecule has 0 radical (unpaired) electrons. The second-order valence-electron chi connectivity index (χ2n) is 6.67. The van der Waals surface area contributed by atoms with Crippen molar-refractivity contribution in [3.05, 3.63) is 0 Å². The Morgan fingerprint density at radius 3 is 2.31 bits per heavy atom. The Morgan fingerprint density at radius 2 is 1.75 bits per heavy atom. The molecule has 0 saturated heterocycles. The third-order valence-corrected chi connectivity index (χ3v) is 4.07. The Balaban J connectivity index is 1.71. The van der Waals surface area contributed by atoms with Crippen LogP contribution in [0.4, 0.5) is 0 Å². The van der Waals surface area contributed by atoms with Crippen LogP contribution < -0.4 is 5.32 Å². The van der Waals surface area contributed by atoms with E-state index in [2.05, 4.69) is 31.1 Å². The van der Waals surface area contributed by atoms with E-state index in [-0.39, 0.29) is 0 Å². The molecule has 16 heavy (non-hydrogen) atoms.